The number of hydrogen-bond donors (Lipinski definition) is 0. The molecule has 0 aliphatic rings. The third-order valence-corrected chi connectivity index (χ3v) is 2.65. The molecular formula is C12H10BrNO2. The lowest BCUT2D eigenvalue weighted by Crippen LogP contribution is -2.24. The number of hydrogen-bond acceptors (Lipinski definition) is 2. The number of ether oxygens (including phenoxy) is 1. The van der Waals surface area contributed by atoms with Gasteiger partial charge in [-0.15, -0.1) is 0 Å². The SMILES string of the molecule is COc1cccc(-c2cc(Br)c[n+]([O-])c2)c1. The highest BCUT2D eigenvalue weighted by atomic mass is 79.9. The number of rotatable bonds is 2. The van der Waals surface area contributed by atoms with Crippen molar-refractivity contribution in [2.75, 3.05) is 7.11 Å². The van der Waals surface area contributed by atoms with Crippen LogP contribution in [0.2, 0.25) is 0 Å². The summed E-state index contributed by atoms with van der Waals surface area (Å²) in [7, 11) is 1.62. The van der Waals surface area contributed by atoms with E-state index in [1.807, 2.05) is 30.3 Å². The second-order valence-corrected chi connectivity index (χ2v) is 4.25. The van der Waals surface area contributed by atoms with E-state index in [-0.39, 0.29) is 0 Å². The molecule has 0 amide bonds. The van der Waals surface area contributed by atoms with Gasteiger partial charge in [-0.1, -0.05) is 12.1 Å². The van der Waals surface area contributed by atoms with Crippen molar-refractivity contribution in [3.63, 3.8) is 0 Å². The standard InChI is InChI=1S/C12H10BrNO2/c1-16-12-4-2-3-9(6-12)10-5-11(13)8-14(15)7-10/h2-8H,1H3. The van der Waals surface area contributed by atoms with E-state index >= 15 is 0 Å². The van der Waals surface area contributed by atoms with Crippen LogP contribution in [-0.4, -0.2) is 7.11 Å². The van der Waals surface area contributed by atoms with Crippen molar-refractivity contribution in [2.45, 2.75) is 0 Å². The van der Waals surface area contributed by atoms with E-state index in [1.54, 1.807) is 7.11 Å². The van der Waals surface area contributed by atoms with Gasteiger partial charge in [-0.05, 0) is 39.7 Å². The van der Waals surface area contributed by atoms with Crippen LogP contribution in [-0.2, 0) is 0 Å². The maximum Gasteiger partial charge on any atom is 0.194 e. The quantitative estimate of drug-likeness (QED) is 0.626. The van der Waals surface area contributed by atoms with Crippen LogP contribution in [0, 0.1) is 5.21 Å². The second-order valence-electron chi connectivity index (χ2n) is 3.33. The van der Waals surface area contributed by atoms with E-state index < -0.39 is 0 Å². The van der Waals surface area contributed by atoms with Gasteiger partial charge in [0, 0.05) is 5.56 Å². The Bertz CT molecular complexity index is 494. The molecule has 0 atom stereocenters. The topological polar surface area (TPSA) is 36.2 Å². The van der Waals surface area contributed by atoms with Crippen LogP contribution in [0.3, 0.4) is 0 Å². The number of aromatic nitrogens is 1. The predicted octanol–water partition coefficient (Wildman–Crippen LogP) is 2.76. The molecule has 0 radical (unpaired) electrons. The highest BCUT2D eigenvalue weighted by Crippen LogP contribution is 2.24. The molecule has 2 aromatic rings. The Hall–Kier alpha value is -1.55. The van der Waals surface area contributed by atoms with E-state index in [2.05, 4.69) is 15.9 Å². The van der Waals surface area contributed by atoms with Crippen molar-refractivity contribution in [3.8, 4) is 16.9 Å². The minimum absolute atomic E-state index is 0.753. The monoisotopic (exact) mass is 279 g/mol. The third kappa shape index (κ3) is 2.33. The molecule has 82 valence electrons. The Morgan fingerprint density at radius 1 is 1.19 bits per heavy atom. The summed E-state index contributed by atoms with van der Waals surface area (Å²) in [6, 6.07) is 9.48. The van der Waals surface area contributed by atoms with E-state index in [0.717, 1.165) is 26.1 Å². The van der Waals surface area contributed by atoms with Gasteiger partial charge in [0.05, 0.1) is 11.6 Å². The molecule has 1 aromatic carbocycles. The Morgan fingerprint density at radius 2 is 2.00 bits per heavy atom. The Morgan fingerprint density at radius 3 is 2.69 bits per heavy atom. The summed E-state index contributed by atoms with van der Waals surface area (Å²) < 4.78 is 6.67. The van der Waals surface area contributed by atoms with Gasteiger partial charge in [-0.25, -0.2) is 0 Å². The van der Waals surface area contributed by atoms with Crippen molar-refractivity contribution >= 4 is 15.9 Å². The molecule has 0 saturated carbocycles. The lowest BCUT2D eigenvalue weighted by molar-refractivity contribution is -0.605. The van der Waals surface area contributed by atoms with Crippen LogP contribution < -0.4 is 9.47 Å². The molecule has 0 aliphatic heterocycles. The summed E-state index contributed by atoms with van der Waals surface area (Å²) in [5, 5.41) is 11.3. The maximum absolute atomic E-state index is 11.3. The predicted molar refractivity (Wildman–Crippen MR) is 65.1 cm³/mol. The summed E-state index contributed by atoms with van der Waals surface area (Å²) in [5.41, 5.74) is 1.80. The van der Waals surface area contributed by atoms with Crippen LogP contribution in [0.15, 0.2) is 47.2 Å². The molecule has 2 rings (SSSR count). The molecule has 0 saturated heterocycles. The Labute approximate surface area is 102 Å². The third-order valence-electron chi connectivity index (χ3n) is 2.21. The number of benzene rings is 1. The first-order chi connectivity index (χ1) is 7.69. The van der Waals surface area contributed by atoms with Gasteiger partial charge in [-0.3, -0.25) is 0 Å². The minimum atomic E-state index is 0.753. The highest BCUT2D eigenvalue weighted by molar-refractivity contribution is 9.10. The van der Waals surface area contributed by atoms with E-state index in [1.165, 1.54) is 12.4 Å². The molecule has 0 fully saturated rings. The highest BCUT2D eigenvalue weighted by Gasteiger charge is 2.05. The van der Waals surface area contributed by atoms with Crippen LogP contribution in [0.25, 0.3) is 11.1 Å². The molecule has 1 aromatic heterocycles. The van der Waals surface area contributed by atoms with Gasteiger partial charge >= 0.3 is 0 Å². The lowest BCUT2D eigenvalue weighted by atomic mass is 10.1. The molecule has 0 spiro atoms. The summed E-state index contributed by atoms with van der Waals surface area (Å²) >= 11 is 3.29. The molecule has 3 nitrogen and oxygen atoms in total. The zero-order valence-electron chi connectivity index (χ0n) is 8.68. The van der Waals surface area contributed by atoms with Crippen LogP contribution in [0.4, 0.5) is 0 Å². The molecule has 0 aliphatic carbocycles. The van der Waals surface area contributed by atoms with Gasteiger partial charge < -0.3 is 9.94 Å². The number of halogens is 1. The zero-order valence-corrected chi connectivity index (χ0v) is 10.3. The van der Waals surface area contributed by atoms with Crippen LogP contribution in [0.5, 0.6) is 5.75 Å². The first kappa shape index (κ1) is 11.0. The average Bonchev–Trinajstić information content (AvgIpc) is 2.28. The maximum atomic E-state index is 11.3. The van der Waals surface area contributed by atoms with E-state index in [0.29, 0.717) is 0 Å². The summed E-state index contributed by atoms with van der Waals surface area (Å²) in [5.74, 6) is 0.773. The van der Waals surface area contributed by atoms with E-state index in [9.17, 15) is 5.21 Å². The molecule has 4 heteroatoms. The van der Waals surface area contributed by atoms with Crippen LogP contribution in [0.1, 0.15) is 0 Å². The van der Waals surface area contributed by atoms with Crippen molar-refractivity contribution in [2.24, 2.45) is 0 Å². The first-order valence-electron chi connectivity index (χ1n) is 4.73. The smallest absolute Gasteiger partial charge is 0.194 e. The van der Waals surface area contributed by atoms with Gasteiger partial charge in [0.25, 0.3) is 0 Å². The largest absolute Gasteiger partial charge is 0.619 e. The fraction of sp³-hybridized carbons (Fsp3) is 0.0833. The van der Waals surface area contributed by atoms with Gasteiger partial charge in [-0.2, -0.15) is 4.73 Å². The Balaban J connectivity index is 2.49. The fourth-order valence-corrected chi connectivity index (χ4v) is 1.93. The average molecular weight is 280 g/mol. The lowest BCUT2D eigenvalue weighted by Gasteiger charge is -2.05. The van der Waals surface area contributed by atoms with Gasteiger partial charge in [0.15, 0.2) is 12.4 Å². The first-order valence-corrected chi connectivity index (χ1v) is 5.52. The molecular weight excluding hydrogens is 270 g/mol. The van der Waals surface area contributed by atoms with Crippen molar-refractivity contribution < 1.29 is 9.47 Å². The summed E-state index contributed by atoms with van der Waals surface area (Å²) in [6.07, 6.45) is 2.99. The molecule has 16 heavy (non-hydrogen) atoms. The molecule has 1 heterocycles. The molecule has 0 unspecified atom stereocenters. The molecule has 0 bridgehead atoms. The van der Waals surface area contributed by atoms with Crippen molar-refractivity contribution in [1.82, 2.24) is 0 Å². The summed E-state index contributed by atoms with van der Waals surface area (Å²) in [6.45, 7) is 0. The summed E-state index contributed by atoms with van der Waals surface area (Å²) in [4.78, 5) is 0. The second kappa shape index (κ2) is 4.53. The van der Waals surface area contributed by atoms with Gasteiger partial charge in [0.1, 0.15) is 5.75 Å². The fourth-order valence-electron chi connectivity index (χ4n) is 1.48. The van der Waals surface area contributed by atoms with Crippen molar-refractivity contribution in [3.05, 3.63) is 52.4 Å². The zero-order chi connectivity index (χ0) is 11.5. The number of methoxy groups -OCH3 is 1. The normalized spacial score (nSPS) is 10.1. The Kier molecular flexibility index (Phi) is 3.10. The number of nitrogens with zero attached hydrogens (tertiary/aromatic N) is 1. The van der Waals surface area contributed by atoms with Gasteiger partial charge in [0.2, 0.25) is 0 Å². The minimum Gasteiger partial charge on any atom is -0.619 e. The van der Waals surface area contributed by atoms with Crippen molar-refractivity contribution in [1.29, 1.82) is 0 Å². The molecule has 0 N–H and O–H groups in total. The van der Waals surface area contributed by atoms with E-state index in [4.69, 9.17) is 4.74 Å². The van der Waals surface area contributed by atoms with Crippen LogP contribution >= 0.6 is 15.9 Å². The number of pyridine rings is 1.